The van der Waals surface area contributed by atoms with Gasteiger partial charge in [-0.15, -0.1) is 11.3 Å². The molecule has 0 amide bonds. The summed E-state index contributed by atoms with van der Waals surface area (Å²) in [5, 5.41) is 0.710. The van der Waals surface area contributed by atoms with Gasteiger partial charge in [-0.1, -0.05) is 13.8 Å². The fourth-order valence-corrected chi connectivity index (χ4v) is 3.61. The third-order valence-electron chi connectivity index (χ3n) is 3.95. The summed E-state index contributed by atoms with van der Waals surface area (Å²) in [4.78, 5) is 10.5. The summed E-state index contributed by atoms with van der Waals surface area (Å²) < 4.78 is 51.6. The lowest BCUT2D eigenvalue weighted by Gasteiger charge is -2.15. The maximum Gasteiger partial charge on any atom is 0.419 e. The molecular weight excluding hydrogens is 389 g/mol. The summed E-state index contributed by atoms with van der Waals surface area (Å²) >= 11 is 1.45. The molecule has 2 heterocycles. The van der Waals surface area contributed by atoms with E-state index in [-0.39, 0.29) is 18.4 Å². The van der Waals surface area contributed by atoms with Gasteiger partial charge in [0.05, 0.1) is 24.5 Å². The molecule has 0 atom stereocenters. The van der Waals surface area contributed by atoms with Crippen molar-refractivity contribution >= 4 is 21.6 Å². The Morgan fingerprint density at radius 3 is 2.39 bits per heavy atom. The number of nitrogens with zero attached hydrogens (tertiary/aromatic N) is 2. The highest BCUT2D eigenvalue weighted by molar-refractivity contribution is 7.18. The molecule has 0 aliphatic rings. The number of benzene rings is 1. The van der Waals surface area contributed by atoms with Crippen LogP contribution in [0, 0.1) is 6.92 Å². The van der Waals surface area contributed by atoms with E-state index in [1.807, 2.05) is 26.8 Å². The van der Waals surface area contributed by atoms with Gasteiger partial charge in [-0.25, -0.2) is 0 Å². The number of aryl methyl sites for hydroxylation is 1. The van der Waals surface area contributed by atoms with E-state index in [1.165, 1.54) is 17.4 Å². The minimum absolute atomic E-state index is 0.172. The average molecular weight is 410 g/mol. The van der Waals surface area contributed by atoms with Gasteiger partial charge in [0.1, 0.15) is 10.6 Å². The molecule has 0 aliphatic carbocycles. The van der Waals surface area contributed by atoms with Gasteiger partial charge < -0.3 is 9.47 Å². The van der Waals surface area contributed by atoms with Gasteiger partial charge in [-0.05, 0) is 44.0 Å². The molecule has 28 heavy (non-hydrogen) atoms. The van der Waals surface area contributed by atoms with E-state index < -0.39 is 11.7 Å². The normalized spacial score (nSPS) is 11.8. The Kier molecular flexibility index (Phi) is 6.07. The second-order valence-electron chi connectivity index (χ2n) is 6.34. The van der Waals surface area contributed by atoms with Crippen molar-refractivity contribution in [2.45, 2.75) is 39.8 Å². The number of fused-ring (bicyclic) bond motifs is 1. The third-order valence-corrected chi connectivity index (χ3v) is 4.90. The van der Waals surface area contributed by atoms with Gasteiger partial charge in [-0.2, -0.15) is 23.1 Å². The molecule has 0 unspecified atom stereocenters. The Balaban J connectivity index is 2.15. The summed E-state index contributed by atoms with van der Waals surface area (Å²) in [5.74, 6) is -0.174. The van der Waals surface area contributed by atoms with Crippen molar-refractivity contribution in [2.75, 3.05) is 13.2 Å². The molecule has 0 saturated carbocycles. The Bertz CT molecular complexity index is 970. The van der Waals surface area contributed by atoms with E-state index in [0.717, 1.165) is 17.4 Å². The molecule has 150 valence electrons. The van der Waals surface area contributed by atoms with E-state index in [1.54, 1.807) is 6.07 Å². The summed E-state index contributed by atoms with van der Waals surface area (Å²) in [6, 6.07) is 6.09. The van der Waals surface area contributed by atoms with E-state index >= 15 is 0 Å². The zero-order valence-electron chi connectivity index (χ0n) is 15.9. The average Bonchev–Trinajstić information content (AvgIpc) is 3.03. The Morgan fingerprint density at radius 2 is 1.71 bits per heavy atom. The van der Waals surface area contributed by atoms with Crippen LogP contribution in [0.5, 0.6) is 11.8 Å². The number of ether oxygens (including phenoxy) is 2. The maximum atomic E-state index is 13.6. The second kappa shape index (κ2) is 8.34. The van der Waals surface area contributed by atoms with E-state index in [0.29, 0.717) is 34.5 Å². The minimum Gasteiger partial charge on any atom is -0.493 e. The molecule has 2 aromatic heterocycles. The van der Waals surface area contributed by atoms with Crippen molar-refractivity contribution in [3.63, 3.8) is 0 Å². The van der Waals surface area contributed by atoms with Crippen LogP contribution >= 0.6 is 11.3 Å². The Labute approximate surface area is 165 Å². The van der Waals surface area contributed by atoms with Gasteiger partial charge in [0.15, 0.2) is 0 Å². The number of rotatable bonds is 7. The molecule has 1 aromatic carbocycles. The van der Waals surface area contributed by atoms with E-state index in [2.05, 4.69) is 9.97 Å². The van der Waals surface area contributed by atoms with Crippen LogP contribution in [0.4, 0.5) is 13.2 Å². The highest BCUT2D eigenvalue weighted by Gasteiger charge is 2.35. The number of alkyl halides is 3. The van der Waals surface area contributed by atoms with Crippen molar-refractivity contribution in [1.29, 1.82) is 0 Å². The molecule has 3 aromatic rings. The van der Waals surface area contributed by atoms with Crippen molar-refractivity contribution in [3.05, 3.63) is 34.7 Å². The zero-order chi connectivity index (χ0) is 20.3. The highest BCUT2D eigenvalue weighted by atomic mass is 32.1. The predicted molar refractivity (Wildman–Crippen MR) is 104 cm³/mol. The SMILES string of the molecule is CCCOc1nc(-c2ccc(OCCC)c(C(F)(F)F)c2)c2cc(C)sc2n1. The van der Waals surface area contributed by atoms with Gasteiger partial charge >= 0.3 is 12.2 Å². The van der Waals surface area contributed by atoms with Crippen LogP contribution in [0.1, 0.15) is 37.1 Å². The van der Waals surface area contributed by atoms with Crippen LogP contribution in [0.25, 0.3) is 21.5 Å². The van der Waals surface area contributed by atoms with Crippen LogP contribution in [0.2, 0.25) is 0 Å². The van der Waals surface area contributed by atoms with Crippen LogP contribution in [-0.4, -0.2) is 23.2 Å². The number of aromatic nitrogens is 2. The lowest BCUT2D eigenvalue weighted by Crippen LogP contribution is -2.09. The number of thiophene rings is 1. The second-order valence-corrected chi connectivity index (χ2v) is 7.57. The molecule has 0 saturated heterocycles. The fraction of sp³-hybridized carbons (Fsp3) is 0.400. The smallest absolute Gasteiger partial charge is 0.419 e. The van der Waals surface area contributed by atoms with Gasteiger partial charge in [0, 0.05) is 15.8 Å². The van der Waals surface area contributed by atoms with E-state index in [4.69, 9.17) is 9.47 Å². The quantitative estimate of drug-likeness (QED) is 0.461. The molecule has 0 aliphatic heterocycles. The first-order chi connectivity index (χ1) is 13.3. The van der Waals surface area contributed by atoms with Crippen LogP contribution in [0.15, 0.2) is 24.3 Å². The highest BCUT2D eigenvalue weighted by Crippen LogP contribution is 2.40. The molecule has 0 fully saturated rings. The van der Waals surface area contributed by atoms with Crippen LogP contribution in [-0.2, 0) is 6.18 Å². The van der Waals surface area contributed by atoms with Crippen molar-refractivity contribution in [1.82, 2.24) is 9.97 Å². The Hall–Kier alpha value is -2.35. The lowest BCUT2D eigenvalue weighted by molar-refractivity contribution is -0.138. The summed E-state index contributed by atoms with van der Waals surface area (Å²) in [7, 11) is 0. The van der Waals surface area contributed by atoms with E-state index in [9.17, 15) is 13.2 Å². The Morgan fingerprint density at radius 1 is 1.00 bits per heavy atom. The third kappa shape index (κ3) is 4.38. The van der Waals surface area contributed by atoms with Crippen molar-refractivity contribution in [3.8, 4) is 23.0 Å². The molecule has 4 nitrogen and oxygen atoms in total. The molecule has 3 rings (SSSR count). The predicted octanol–water partition coefficient (Wildman–Crippen LogP) is 6.26. The van der Waals surface area contributed by atoms with Gasteiger partial charge in [0.25, 0.3) is 0 Å². The molecule has 0 spiro atoms. The number of hydrogen-bond acceptors (Lipinski definition) is 5. The first-order valence-electron chi connectivity index (χ1n) is 9.08. The van der Waals surface area contributed by atoms with Crippen molar-refractivity contribution in [2.24, 2.45) is 0 Å². The molecule has 8 heteroatoms. The topological polar surface area (TPSA) is 44.2 Å². The zero-order valence-corrected chi connectivity index (χ0v) is 16.7. The summed E-state index contributed by atoms with van der Waals surface area (Å²) in [5.41, 5.74) is -0.0380. The monoisotopic (exact) mass is 410 g/mol. The minimum atomic E-state index is -4.53. The van der Waals surface area contributed by atoms with Gasteiger partial charge in [-0.3, -0.25) is 0 Å². The first-order valence-corrected chi connectivity index (χ1v) is 9.90. The summed E-state index contributed by atoms with van der Waals surface area (Å²) in [6.45, 7) is 6.38. The van der Waals surface area contributed by atoms with Crippen LogP contribution < -0.4 is 9.47 Å². The maximum absolute atomic E-state index is 13.6. The van der Waals surface area contributed by atoms with Gasteiger partial charge in [0.2, 0.25) is 0 Å². The van der Waals surface area contributed by atoms with Crippen molar-refractivity contribution < 1.29 is 22.6 Å². The van der Waals surface area contributed by atoms with Crippen LogP contribution in [0.3, 0.4) is 0 Å². The molecule has 0 bridgehead atoms. The number of halogens is 3. The standard InChI is InChI=1S/C20H21F3N2O2S/c1-4-8-26-16-7-6-13(11-15(16)20(21,22)23)17-14-10-12(3)28-18(14)25-19(24-17)27-9-5-2/h6-7,10-11H,4-5,8-9H2,1-3H3. The molecular formula is C20H21F3N2O2S. The first kappa shape index (κ1) is 20.4. The number of hydrogen-bond donors (Lipinski definition) is 0. The lowest BCUT2D eigenvalue weighted by atomic mass is 10.0. The largest absolute Gasteiger partial charge is 0.493 e. The summed E-state index contributed by atoms with van der Waals surface area (Å²) in [6.07, 6.45) is -3.13. The molecule has 0 N–H and O–H groups in total. The molecule has 0 radical (unpaired) electrons. The fourth-order valence-electron chi connectivity index (χ4n) is 2.74.